The molecule has 0 spiro atoms. The van der Waals surface area contributed by atoms with Crippen LogP contribution in [0.2, 0.25) is 0 Å². The first-order valence-electron chi connectivity index (χ1n) is 8.69. The van der Waals surface area contributed by atoms with Gasteiger partial charge in [0.15, 0.2) is 11.6 Å². The molecule has 0 unspecified atom stereocenters. The second-order valence-electron chi connectivity index (χ2n) is 6.60. The van der Waals surface area contributed by atoms with E-state index in [0.29, 0.717) is 23.2 Å². The maximum Gasteiger partial charge on any atom is 0.337 e. The molecule has 144 valence electrons. The van der Waals surface area contributed by atoms with Gasteiger partial charge in [-0.1, -0.05) is 6.07 Å². The second kappa shape index (κ2) is 8.75. The minimum Gasteiger partial charge on any atom is -0.465 e. The molecule has 0 aromatic heterocycles. The van der Waals surface area contributed by atoms with E-state index in [1.807, 2.05) is 20.8 Å². The van der Waals surface area contributed by atoms with Crippen molar-refractivity contribution in [1.82, 2.24) is 0 Å². The number of halogens is 2. The molecular formula is C21H23F2NO3. The lowest BCUT2D eigenvalue weighted by atomic mass is 10.1. The van der Waals surface area contributed by atoms with E-state index in [4.69, 9.17) is 4.74 Å². The van der Waals surface area contributed by atoms with E-state index in [-0.39, 0.29) is 18.4 Å². The zero-order valence-corrected chi connectivity index (χ0v) is 15.9. The molecule has 0 bridgehead atoms. The van der Waals surface area contributed by atoms with Crippen LogP contribution in [0.4, 0.5) is 14.5 Å². The van der Waals surface area contributed by atoms with Crippen LogP contribution in [-0.2, 0) is 16.0 Å². The topological polar surface area (TPSA) is 46.6 Å². The van der Waals surface area contributed by atoms with E-state index in [1.165, 1.54) is 13.2 Å². The van der Waals surface area contributed by atoms with Crippen LogP contribution in [0.25, 0.3) is 0 Å². The molecule has 2 rings (SSSR count). The number of carbonyl (C=O) groups excluding carboxylic acids is 2. The molecule has 6 heteroatoms. The van der Waals surface area contributed by atoms with Gasteiger partial charge >= 0.3 is 5.97 Å². The predicted octanol–water partition coefficient (Wildman–Crippen LogP) is 4.43. The van der Waals surface area contributed by atoms with Crippen molar-refractivity contribution >= 4 is 17.6 Å². The smallest absolute Gasteiger partial charge is 0.337 e. The van der Waals surface area contributed by atoms with Gasteiger partial charge in [0.05, 0.1) is 12.7 Å². The number of hydrogen-bond acceptors (Lipinski definition) is 3. The van der Waals surface area contributed by atoms with Crippen LogP contribution in [0.3, 0.4) is 0 Å². The molecule has 0 N–H and O–H groups in total. The molecule has 0 saturated heterocycles. The molecule has 0 heterocycles. The zero-order chi connectivity index (χ0) is 20.1. The number of benzene rings is 2. The molecule has 4 nitrogen and oxygen atoms in total. The number of nitrogens with zero attached hydrogens (tertiary/aromatic N) is 1. The zero-order valence-electron chi connectivity index (χ0n) is 15.9. The highest BCUT2D eigenvalue weighted by molar-refractivity contribution is 5.96. The Kier molecular flexibility index (Phi) is 6.66. The molecular weight excluding hydrogens is 352 g/mol. The minimum absolute atomic E-state index is 0.106. The van der Waals surface area contributed by atoms with E-state index in [1.54, 1.807) is 23.1 Å². The number of ether oxygens (including phenoxy) is 1. The van der Waals surface area contributed by atoms with Crippen LogP contribution < -0.4 is 4.90 Å². The maximum absolute atomic E-state index is 13.3. The first-order valence-corrected chi connectivity index (χ1v) is 8.69. The summed E-state index contributed by atoms with van der Waals surface area (Å²) in [6, 6.07) is 8.55. The summed E-state index contributed by atoms with van der Waals surface area (Å²) in [7, 11) is 1.31. The Balaban J connectivity index is 2.19. The van der Waals surface area contributed by atoms with E-state index in [2.05, 4.69) is 0 Å². The van der Waals surface area contributed by atoms with Crippen molar-refractivity contribution < 1.29 is 23.1 Å². The number of rotatable bonds is 6. The average molecular weight is 375 g/mol. The Hall–Kier alpha value is -2.76. The Labute approximate surface area is 157 Å². The van der Waals surface area contributed by atoms with Crippen LogP contribution in [0.1, 0.15) is 41.8 Å². The third-order valence-corrected chi connectivity index (χ3v) is 4.27. The van der Waals surface area contributed by atoms with E-state index in [9.17, 15) is 18.4 Å². The minimum atomic E-state index is -0.921. The van der Waals surface area contributed by atoms with Gasteiger partial charge in [0.2, 0.25) is 5.91 Å². The summed E-state index contributed by atoms with van der Waals surface area (Å²) in [6.45, 7) is 5.60. The highest BCUT2D eigenvalue weighted by atomic mass is 19.2. The lowest BCUT2D eigenvalue weighted by molar-refractivity contribution is -0.118. The second-order valence-corrected chi connectivity index (χ2v) is 6.60. The number of esters is 1. The Morgan fingerprint density at radius 3 is 2.33 bits per heavy atom. The van der Waals surface area contributed by atoms with Gasteiger partial charge in [-0.3, -0.25) is 4.79 Å². The van der Waals surface area contributed by atoms with Gasteiger partial charge in [-0.25, -0.2) is 13.6 Å². The van der Waals surface area contributed by atoms with E-state index < -0.39 is 17.6 Å². The van der Waals surface area contributed by atoms with Crippen LogP contribution >= 0.6 is 0 Å². The number of amides is 1. The first-order chi connectivity index (χ1) is 12.7. The highest BCUT2D eigenvalue weighted by Crippen LogP contribution is 2.25. The largest absolute Gasteiger partial charge is 0.465 e. The Bertz CT molecular complexity index is 849. The highest BCUT2D eigenvalue weighted by Gasteiger charge is 2.21. The summed E-state index contributed by atoms with van der Waals surface area (Å²) < 4.78 is 31.1. The molecule has 0 aliphatic rings. The molecule has 2 aromatic carbocycles. The molecule has 0 fully saturated rings. The van der Waals surface area contributed by atoms with Crippen LogP contribution in [0, 0.1) is 18.6 Å². The molecule has 2 aromatic rings. The van der Waals surface area contributed by atoms with Crippen molar-refractivity contribution in [2.45, 2.75) is 39.7 Å². The number of hydrogen-bond donors (Lipinski definition) is 0. The van der Waals surface area contributed by atoms with Crippen molar-refractivity contribution in [2.75, 3.05) is 12.0 Å². The molecule has 0 saturated carbocycles. The fraction of sp³-hybridized carbons (Fsp3) is 0.333. The van der Waals surface area contributed by atoms with E-state index in [0.717, 1.165) is 17.7 Å². The van der Waals surface area contributed by atoms with Crippen molar-refractivity contribution in [2.24, 2.45) is 0 Å². The van der Waals surface area contributed by atoms with Gasteiger partial charge in [-0.2, -0.15) is 0 Å². The molecule has 27 heavy (non-hydrogen) atoms. The van der Waals surface area contributed by atoms with Crippen molar-refractivity contribution in [3.63, 3.8) is 0 Å². The summed E-state index contributed by atoms with van der Waals surface area (Å²) in [5, 5.41) is 0. The van der Waals surface area contributed by atoms with Crippen molar-refractivity contribution in [1.29, 1.82) is 0 Å². The summed E-state index contributed by atoms with van der Waals surface area (Å²) in [6.07, 6.45) is 0.458. The standard InChI is InChI=1S/C21H23F2NO3/c1-13(2)24(19-9-7-16(11-14(19)3)21(26)27-4)20(25)10-6-15-5-8-17(22)18(23)12-15/h5,7-9,11-13H,6,10H2,1-4H3. The van der Waals surface area contributed by atoms with Crippen molar-refractivity contribution in [3.05, 3.63) is 64.7 Å². The maximum atomic E-state index is 13.3. The molecule has 0 atom stereocenters. The summed E-state index contributed by atoms with van der Waals surface area (Å²) in [4.78, 5) is 26.1. The fourth-order valence-corrected chi connectivity index (χ4v) is 2.94. The number of carbonyl (C=O) groups is 2. The van der Waals surface area contributed by atoms with Gasteiger partial charge in [0.1, 0.15) is 0 Å². The van der Waals surface area contributed by atoms with Crippen LogP contribution in [0.15, 0.2) is 36.4 Å². The molecule has 1 amide bonds. The summed E-state index contributed by atoms with van der Waals surface area (Å²) >= 11 is 0. The predicted molar refractivity (Wildman–Crippen MR) is 99.8 cm³/mol. The van der Waals surface area contributed by atoms with Crippen LogP contribution in [-0.4, -0.2) is 25.0 Å². The van der Waals surface area contributed by atoms with Gasteiger partial charge in [-0.15, -0.1) is 0 Å². The van der Waals surface area contributed by atoms with Gasteiger partial charge < -0.3 is 9.64 Å². The summed E-state index contributed by atoms with van der Waals surface area (Å²) in [5.41, 5.74) is 2.45. The number of aryl methyl sites for hydroxylation is 2. The average Bonchev–Trinajstić information content (AvgIpc) is 2.63. The fourth-order valence-electron chi connectivity index (χ4n) is 2.94. The molecule has 0 radical (unpaired) electrons. The number of methoxy groups -OCH3 is 1. The Morgan fingerprint density at radius 1 is 1.07 bits per heavy atom. The van der Waals surface area contributed by atoms with Gasteiger partial charge in [0.25, 0.3) is 0 Å². The van der Waals surface area contributed by atoms with Crippen LogP contribution in [0.5, 0.6) is 0 Å². The summed E-state index contributed by atoms with van der Waals surface area (Å²) in [5.74, 6) is -2.40. The quantitative estimate of drug-likeness (QED) is 0.702. The van der Waals surface area contributed by atoms with E-state index >= 15 is 0 Å². The molecule has 0 aliphatic carbocycles. The monoisotopic (exact) mass is 375 g/mol. The normalized spacial score (nSPS) is 10.8. The first kappa shape index (κ1) is 20.6. The third-order valence-electron chi connectivity index (χ3n) is 4.27. The Morgan fingerprint density at radius 2 is 1.78 bits per heavy atom. The lowest BCUT2D eigenvalue weighted by Gasteiger charge is -2.29. The number of anilines is 1. The SMILES string of the molecule is COC(=O)c1ccc(N(C(=O)CCc2ccc(F)c(F)c2)C(C)C)c(C)c1. The lowest BCUT2D eigenvalue weighted by Crippen LogP contribution is -2.37. The third kappa shape index (κ3) is 4.90. The van der Waals surface area contributed by atoms with Crippen molar-refractivity contribution in [3.8, 4) is 0 Å². The van der Waals surface area contributed by atoms with Gasteiger partial charge in [0, 0.05) is 18.2 Å². The van der Waals surface area contributed by atoms with Gasteiger partial charge in [-0.05, 0) is 68.7 Å². The molecule has 0 aliphatic heterocycles.